The van der Waals surface area contributed by atoms with Gasteiger partial charge >= 0.3 is 0 Å². The van der Waals surface area contributed by atoms with Crippen LogP contribution < -0.4 is 10.5 Å². The Balaban J connectivity index is 1.86. The van der Waals surface area contributed by atoms with Gasteiger partial charge in [-0.05, 0) is 17.7 Å². The fraction of sp³-hybridized carbons (Fsp3) is 0.176. The summed E-state index contributed by atoms with van der Waals surface area (Å²) in [5.41, 5.74) is 6.86. The molecule has 2 aromatic rings. The molecule has 0 spiro atoms. The average molecular weight is 285 g/mol. The molecule has 0 unspecified atom stereocenters. The zero-order chi connectivity index (χ0) is 14.9. The number of benzene rings is 2. The summed E-state index contributed by atoms with van der Waals surface area (Å²) >= 11 is 0. The topological polar surface area (TPSA) is 44.5 Å². The summed E-state index contributed by atoms with van der Waals surface area (Å²) in [5.74, 6) is 5.41. The standard InChI is InChI=1S/C17H16FNO2/c18-16-9-15(7-4-8-19)10-17(11-16)21-13-20-12-14-5-2-1-3-6-14/h1-3,5-6,9-11H,8,12-13,19H2. The maximum atomic E-state index is 13.4. The summed E-state index contributed by atoms with van der Waals surface area (Å²) in [7, 11) is 0. The van der Waals surface area contributed by atoms with Crippen LogP contribution in [0.25, 0.3) is 0 Å². The summed E-state index contributed by atoms with van der Waals surface area (Å²) in [5, 5.41) is 0. The van der Waals surface area contributed by atoms with Crippen molar-refractivity contribution in [3.8, 4) is 17.6 Å². The lowest BCUT2D eigenvalue weighted by molar-refractivity contribution is 0.00489. The van der Waals surface area contributed by atoms with E-state index >= 15 is 0 Å². The highest BCUT2D eigenvalue weighted by molar-refractivity contribution is 5.40. The largest absolute Gasteiger partial charge is 0.467 e. The Bertz CT molecular complexity index is 632. The first-order valence-corrected chi connectivity index (χ1v) is 6.52. The van der Waals surface area contributed by atoms with E-state index in [0.29, 0.717) is 17.9 Å². The molecular formula is C17H16FNO2. The molecule has 108 valence electrons. The first-order chi connectivity index (χ1) is 10.3. The van der Waals surface area contributed by atoms with Crippen molar-refractivity contribution in [1.82, 2.24) is 0 Å². The Morgan fingerprint density at radius 1 is 1.10 bits per heavy atom. The van der Waals surface area contributed by atoms with E-state index in [-0.39, 0.29) is 13.3 Å². The molecule has 0 radical (unpaired) electrons. The second-order valence-electron chi connectivity index (χ2n) is 4.28. The summed E-state index contributed by atoms with van der Waals surface area (Å²) in [6, 6.07) is 14.0. The van der Waals surface area contributed by atoms with Gasteiger partial charge in [-0.15, -0.1) is 0 Å². The number of nitrogens with two attached hydrogens (primary N) is 1. The van der Waals surface area contributed by atoms with E-state index in [0.717, 1.165) is 5.56 Å². The zero-order valence-corrected chi connectivity index (χ0v) is 11.5. The van der Waals surface area contributed by atoms with Gasteiger partial charge in [0, 0.05) is 11.6 Å². The molecule has 0 atom stereocenters. The molecule has 0 fully saturated rings. The maximum Gasteiger partial charge on any atom is 0.189 e. The van der Waals surface area contributed by atoms with Crippen molar-refractivity contribution < 1.29 is 13.9 Å². The summed E-state index contributed by atoms with van der Waals surface area (Å²) < 4.78 is 24.2. The first kappa shape index (κ1) is 15.0. The normalized spacial score (nSPS) is 9.81. The lowest BCUT2D eigenvalue weighted by atomic mass is 10.2. The third-order valence-corrected chi connectivity index (χ3v) is 2.63. The second kappa shape index (κ2) is 8.05. The van der Waals surface area contributed by atoms with Crippen LogP contribution in [0.15, 0.2) is 48.5 Å². The van der Waals surface area contributed by atoms with Gasteiger partial charge in [-0.3, -0.25) is 0 Å². The van der Waals surface area contributed by atoms with Gasteiger partial charge in [0.05, 0.1) is 13.2 Å². The summed E-state index contributed by atoms with van der Waals surface area (Å²) in [4.78, 5) is 0. The molecule has 0 amide bonds. The van der Waals surface area contributed by atoms with E-state index in [4.69, 9.17) is 15.2 Å². The van der Waals surface area contributed by atoms with Gasteiger partial charge in [0.1, 0.15) is 11.6 Å². The SMILES string of the molecule is NCC#Cc1cc(F)cc(OCOCc2ccccc2)c1. The van der Waals surface area contributed by atoms with Crippen LogP contribution in [0.1, 0.15) is 11.1 Å². The number of hydrogen-bond acceptors (Lipinski definition) is 3. The van der Waals surface area contributed by atoms with E-state index in [9.17, 15) is 4.39 Å². The van der Waals surface area contributed by atoms with Crippen molar-refractivity contribution in [2.24, 2.45) is 5.73 Å². The van der Waals surface area contributed by atoms with Crippen LogP contribution in [0, 0.1) is 17.7 Å². The van der Waals surface area contributed by atoms with Crippen molar-refractivity contribution in [1.29, 1.82) is 0 Å². The van der Waals surface area contributed by atoms with Crippen molar-refractivity contribution >= 4 is 0 Å². The molecule has 0 heterocycles. The van der Waals surface area contributed by atoms with Gasteiger partial charge in [-0.2, -0.15) is 0 Å². The average Bonchev–Trinajstić information content (AvgIpc) is 2.50. The Hall–Kier alpha value is -2.35. The minimum Gasteiger partial charge on any atom is -0.467 e. The predicted octanol–water partition coefficient (Wildman–Crippen LogP) is 2.69. The number of hydrogen-bond donors (Lipinski definition) is 1. The lowest BCUT2D eigenvalue weighted by Gasteiger charge is -2.08. The molecule has 0 bridgehead atoms. The van der Waals surface area contributed by atoms with Crippen LogP contribution >= 0.6 is 0 Å². The van der Waals surface area contributed by atoms with Crippen LogP contribution in [0.3, 0.4) is 0 Å². The number of rotatable bonds is 5. The predicted molar refractivity (Wildman–Crippen MR) is 79.1 cm³/mol. The quantitative estimate of drug-likeness (QED) is 0.522. The first-order valence-electron chi connectivity index (χ1n) is 6.52. The lowest BCUT2D eigenvalue weighted by Crippen LogP contribution is -2.03. The molecule has 0 saturated carbocycles. The van der Waals surface area contributed by atoms with Crippen molar-refractivity contribution in [3.63, 3.8) is 0 Å². The van der Waals surface area contributed by atoms with Crippen molar-refractivity contribution in [2.75, 3.05) is 13.3 Å². The van der Waals surface area contributed by atoms with Gasteiger partial charge in [0.2, 0.25) is 0 Å². The minimum atomic E-state index is -0.406. The monoisotopic (exact) mass is 285 g/mol. The highest BCUT2D eigenvalue weighted by atomic mass is 19.1. The van der Waals surface area contributed by atoms with Crippen LogP contribution in [-0.2, 0) is 11.3 Å². The minimum absolute atomic E-state index is 0.0438. The number of halogens is 1. The highest BCUT2D eigenvalue weighted by Crippen LogP contribution is 2.16. The Morgan fingerprint density at radius 2 is 1.90 bits per heavy atom. The summed E-state index contributed by atoms with van der Waals surface area (Å²) in [6.07, 6.45) is 0. The smallest absolute Gasteiger partial charge is 0.189 e. The van der Waals surface area contributed by atoms with E-state index in [1.807, 2.05) is 30.3 Å². The van der Waals surface area contributed by atoms with E-state index < -0.39 is 5.82 Å². The molecule has 21 heavy (non-hydrogen) atoms. The molecule has 0 aliphatic rings. The Morgan fingerprint density at radius 3 is 2.67 bits per heavy atom. The Labute approximate surface area is 123 Å². The molecular weight excluding hydrogens is 269 g/mol. The second-order valence-corrected chi connectivity index (χ2v) is 4.28. The van der Waals surface area contributed by atoms with Gasteiger partial charge in [-0.1, -0.05) is 42.2 Å². The Kier molecular flexibility index (Phi) is 5.77. The summed E-state index contributed by atoms with van der Waals surface area (Å²) in [6.45, 7) is 0.713. The van der Waals surface area contributed by atoms with E-state index in [2.05, 4.69) is 11.8 Å². The maximum absolute atomic E-state index is 13.4. The van der Waals surface area contributed by atoms with Gasteiger partial charge in [-0.25, -0.2) is 4.39 Å². The third-order valence-electron chi connectivity index (χ3n) is 2.63. The highest BCUT2D eigenvalue weighted by Gasteiger charge is 2.00. The molecule has 0 saturated heterocycles. The molecule has 0 aliphatic carbocycles. The van der Waals surface area contributed by atoms with Gasteiger partial charge in [0.15, 0.2) is 6.79 Å². The molecule has 0 aromatic heterocycles. The molecule has 2 aromatic carbocycles. The zero-order valence-electron chi connectivity index (χ0n) is 11.5. The van der Waals surface area contributed by atoms with Gasteiger partial charge < -0.3 is 15.2 Å². The molecule has 2 N–H and O–H groups in total. The molecule has 0 aliphatic heterocycles. The molecule has 2 rings (SSSR count). The van der Waals surface area contributed by atoms with E-state index in [1.54, 1.807) is 6.07 Å². The molecule has 3 nitrogen and oxygen atoms in total. The van der Waals surface area contributed by atoms with Crippen molar-refractivity contribution in [2.45, 2.75) is 6.61 Å². The van der Waals surface area contributed by atoms with E-state index in [1.165, 1.54) is 12.1 Å². The van der Waals surface area contributed by atoms with Gasteiger partial charge in [0.25, 0.3) is 0 Å². The number of ether oxygens (including phenoxy) is 2. The van der Waals surface area contributed by atoms with Crippen molar-refractivity contribution in [3.05, 3.63) is 65.5 Å². The van der Waals surface area contributed by atoms with Crippen LogP contribution in [0.4, 0.5) is 4.39 Å². The van der Waals surface area contributed by atoms with Crippen LogP contribution in [0.2, 0.25) is 0 Å². The third kappa shape index (κ3) is 5.27. The molecule has 4 heteroatoms. The van der Waals surface area contributed by atoms with Crippen LogP contribution in [0.5, 0.6) is 5.75 Å². The fourth-order valence-electron chi connectivity index (χ4n) is 1.71. The van der Waals surface area contributed by atoms with Crippen LogP contribution in [-0.4, -0.2) is 13.3 Å². The fourth-order valence-corrected chi connectivity index (χ4v) is 1.71.